The number of nitrogens with zero attached hydrogens (tertiary/aromatic N) is 5. The molecule has 0 aliphatic carbocycles. The highest BCUT2D eigenvalue weighted by atomic mass is 16.3. The lowest BCUT2D eigenvalue weighted by atomic mass is 9.93. The average Bonchev–Trinajstić information content (AvgIpc) is 3.60. The van der Waals surface area contributed by atoms with Crippen LogP contribution in [-0.2, 0) is 25.2 Å². The first kappa shape index (κ1) is 25.0. The number of hydrogen-bond acceptors (Lipinski definition) is 9. The summed E-state index contributed by atoms with van der Waals surface area (Å²) in [6, 6.07) is 29.6. The second-order valence-electron chi connectivity index (χ2n) is 9.13. The standard InChI is InChI=1S/C28H31N9O/c29-25(19-35(30)16-22-10-4-1-5-11-22)28(38,26-20-36(33-31-26)17-23-12-6-2-7-13-23)27-21-37(34-32-27)18-24-14-8-3-9-15-24/h1-15,19-21,31,33,38H,16-18,29-30H2/b25-19-. The Morgan fingerprint density at radius 2 is 1.47 bits per heavy atom. The van der Waals surface area contributed by atoms with Gasteiger partial charge in [0.1, 0.15) is 5.69 Å². The van der Waals surface area contributed by atoms with Gasteiger partial charge in [-0.1, -0.05) is 96.2 Å². The van der Waals surface area contributed by atoms with Crippen molar-refractivity contribution in [3.8, 4) is 0 Å². The molecule has 10 heteroatoms. The number of aliphatic hydroxyl groups is 1. The molecule has 1 aromatic heterocycles. The largest absolute Gasteiger partial charge is 0.398 e. The first-order valence-electron chi connectivity index (χ1n) is 12.2. The Morgan fingerprint density at radius 3 is 2.11 bits per heavy atom. The van der Waals surface area contributed by atoms with E-state index < -0.39 is 5.60 Å². The van der Waals surface area contributed by atoms with Crippen LogP contribution in [0, 0.1) is 0 Å². The van der Waals surface area contributed by atoms with E-state index >= 15 is 0 Å². The molecule has 7 N–H and O–H groups in total. The zero-order valence-corrected chi connectivity index (χ0v) is 20.9. The Kier molecular flexibility index (Phi) is 7.36. The molecule has 4 aromatic rings. The zero-order valence-electron chi connectivity index (χ0n) is 20.9. The van der Waals surface area contributed by atoms with Crippen LogP contribution in [0.5, 0.6) is 0 Å². The molecule has 1 atom stereocenters. The van der Waals surface area contributed by atoms with Gasteiger partial charge in [-0.3, -0.25) is 5.01 Å². The summed E-state index contributed by atoms with van der Waals surface area (Å²) in [5.41, 5.74) is 14.8. The molecule has 1 aliphatic rings. The van der Waals surface area contributed by atoms with E-state index in [1.54, 1.807) is 17.1 Å². The van der Waals surface area contributed by atoms with Crippen molar-refractivity contribution in [3.63, 3.8) is 0 Å². The van der Waals surface area contributed by atoms with Crippen LogP contribution in [0.1, 0.15) is 22.4 Å². The predicted octanol–water partition coefficient (Wildman–Crippen LogP) is 2.06. The quantitative estimate of drug-likeness (QED) is 0.161. The van der Waals surface area contributed by atoms with Gasteiger partial charge < -0.3 is 21.3 Å². The van der Waals surface area contributed by atoms with Crippen molar-refractivity contribution in [2.24, 2.45) is 11.6 Å². The van der Waals surface area contributed by atoms with Crippen LogP contribution in [0.25, 0.3) is 0 Å². The number of rotatable bonds is 10. The van der Waals surface area contributed by atoms with Crippen molar-refractivity contribution in [1.29, 1.82) is 0 Å². The first-order chi connectivity index (χ1) is 18.5. The summed E-state index contributed by atoms with van der Waals surface area (Å²) in [7, 11) is 0. The lowest BCUT2D eigenvalue weighted by Crippen LogP contribution is -2.44. The Morgan fingerprint density at radius 1 is 0.895 bits per heavy atom. The van der Waals surface area contributed by atoms with Crippen molar-refractivity contribution in [2.75, 3.05) is 0 Å². The van der Waals surface area contributed by atoms with Gasteiger partial charge in [-0.05, 0) is 16.7 Å². The van der Waals surface area contributed by atoms with Crippen molar-refractivity contribution < 1.29 is 5.11 Å². The van der Waals surface area contributed by atoms with Gasteiger partial charge in [0.2, 0.25) is 0 Å². The molecule has 0 amide bonds. The van der Waals surface area contributed by atoms with Crippen molar-refractivity contribution >= 4 is 0 Å². The normalized spacial score (nSPS) is 15.1. The highest BCUT2D eigenvalue weighted by Gasteiger charge is 2.43. The molecule has 3 aromatic carbocycles. The van der Waals surface area contributed by atoms with Crippen LogP contribution in [0.15, 0.2) is 121 Å². The Bertz CT molecular complexity index is 1390. The van der Waals surface area contributed by atoms with Crippen molar-refractivity contribution in [1.82, 2.24) is 36.0 Å². The van der Waals surface area contributed by atoms with Crippen LogP contribution in [0.2, 0.25) is 0 Å². The average molecular weight is 510 g/mol. The van der Waals surface area contributed by atoms with Gasteiger partial charge in [0.15, 0.2) is 5.60 Å². The highest BCUT2D eigenvalue weighted by Crippen LogP contribution is 2.33. The maximum atomic E-state index is 12.1. The maximum Gasteiger partial charge on any atom is 0.194 e. The fourth-order valence-corrected chi connectivity index (χ4v) is 4.27. The Labute approximate surface area is 221 Å². The SMILES string of the molecule is N/C(=C\N(N)Cc1ccccc1)C(O)(C1=CN(Cc2ccccc2)NN1)c1cn(Cc2ccccc2)nn1. The zero-order chi connectivity index (χ0) is 26.4. The number of nitrogens with one attached hydrogen (secondary N) is 2. The third kappa shape index (κ3) is 5.68. The lowest BCUT2D eigenvalue weighted by Gasteiger charge is -2.28. The minimum absolute atomic E-state index is 0.0878. The number of benzene rings is 3. The van der Waals surface area contributed by atoms with Crippen LogP contribution in [0.4, 0.5) is 0 Å². The van der Waals surface area contributed by atoms with Gasteiger partial charge in [-0.15, -0.1) is 10.6 Å². The third-order valence-electron chi connectivity index (χ3n) is 6.23. The summed E-state index contributed by atoms with van der Waals surface area (Å²) < 4.78 is 1.66. The smallest absolute Gasteiger partial charge is 0.194 e. The van der Waals surface area contributed by atoms with Crippen LogP contribution in [0.3, 0.4) is 0 Å². The van der Waals surface area contributed by atoms with Gasteiger partial charge in [0.05, 0.1) is 37.2 Å². The molecule has 1 unspecified atom stereocenters. The molecule has 0 spiro atoms. The molecule has 0 saturated heterocycles. The van der Waals surface area contributed by atoms with Crippen molar-refractivity contribution in [3.05, 3.63) is 143 Å². The van der Waals surface area contributed by atoms with Crippen LogP contribution >= 0.6 is 0 Å². The fraction of sp³-hybridized carbons (Fsp3) is 0.143. The molecule has 10 nitrogen and oxygen atoms in total. The minimum atomic E-state index is -1.83. The van der Waals surface area contributed by atoms with E-state index in [1.807, 2.05) is 96.0 Å². The van der Waals surface area contributed by atoms with Gasteiger partial charge >= 0.3 is 0 Å². The van der Waals surface area contributed by atoms with Gasteiger partial charge in [0, 0.05) is 12.4 Å². The van der Waals surface area contributed by atoms with Gasteiger partial charge in [-0.2, -0.15) is 0 Å². The summed E-state index contributed by atoms with van der Waals surface area (Å²) in [4.78, 5) is 0. The van der Waals surface area contributed by atoms with Crippen LogP contribution in [-0.4, -0.2) is 30.1 Å². The number of hydrazine groups is 3. The molecule has 0 radical (unpaired) electrons. The molecule has 194 valence electrons. The molecule has 1 aliphatic heterocycles. The maximum absolute atomic E-state index is 12.1. The summed E-state index contributed by atoms with van der Waals surface area (Å²) >= 11 is 0. The Balaban J connectivity index is 1.45. The van der Waals surface area contributed by atoms with E-state index in [0.717, 1.165) is 16.7 Å². The molecule has 2 heterocycles. The minimum Gasteiger partial charge on any atom is -0.398 e. The molecular weight excluding hydrogens is 478 g/mol. The van der Waals surface area contributed by atoms with E-state index in [9.17, 15) is 5.11 Å². The second-order valence-corrected chi connectivity index (χ2v) is 9.13. The van der Waals surface area contributed by atoms with E-state index in [-0.39, 0.29) is 11.4 Å². The number of aromatic nitrogens is 3. The molecule has 0 saturated carbocycles. The molecular formula is C28H31N9O. The number of nitrogens with two attached hydrogens (primary N) is 2. The third-order valence-corrected chi connectivity index (χ3v) is 6.23. The molecule has 5 rings (SSSR count). The molecule has 0 fully saturated rings. The highest BCUT2D eigenvalue weighted by molar-refractivity contribution is 5.37. The molecule has 38 heavy (non-hydrogen) atoms. The van der Waals surface area contributed by atoms with E-state index in [1.165, 1.54) is 11.2 Å². The van der Waals surface area contributed by atoms with Gasteiger partial charge in [0.25, 0.3) is 0 Å². The topological polar surface area (TPSA) is 134 Å². The summed E-state index contributed by atoms with van der Waals surface area (Å²) in [6.45, 7) is 1.47. The first-order valence-corrected chi connectivity index (χ1v) is 12.2. The number of hydrogen-bond donors (Lipinski definition) is 5. The summed E-state index contributed by atoms with van der Waals surface area (Å²) in [5.74, 6) is 6.28. The van der Waals surface area contributed by atoms with E-state index in [4.69, 9.17) is 11.6 Å². The lowest BCUT2D eigenvalue weighted by molar-refractivity contribution is 0.0979. The van der Waals surface area contributed by atoms with E-state index in [2.05, 4.69) is 21.3 Å². The summed E-state index contributed by atoms with van der Waals surface area (Å²) in [6.07, 6.45) is 4.97. The second kappa shape index (κ2) is 11.2. The predicted molar refractivity (Wildman–Crippen MR) is 144 cm³/mol. The fourth-order valence-electron chi connectivity index (χ4n) is 4.27. The summed E-state index contributed by atoms with van der Waals surface area (Å²) in [5, 5.41) is 24.0. The van der Waals surface area contributed by atoms with E-state index in [0.29, 0.717) is 25.3 Å². The monoisotopic (exact) mass is 509 g/mol. The van der Waals surface area contributed by atoms with Gasteiger partial charge in [-0.25, -0.2) is 10.5 Å². The Hall–Kier alpha value is -4.64. The van der Waals surface area contributed by atoms with Crippen molar-refractivity contribution in [2.45, 2.75) is 25.2 Å². The van der Waals surface area contributed by atoms with Crippen LogP contribution < -0.4 is 22.5 Å². The molecule has 0 bridgehead atoms.